The molecule has 3 aliphatic rings. The highest BCUT2D eigenvalue weighted by Gasteiger charge is 2.49. The average molecular weight is 333 g/mol. The second kappa shape index (κ2) is 5.98. The highest BCUT2D eigenvalue weighted by atomic mass is 16.7. The van der Waals surface area contributed by atoms with Crippen LogP contribution in [-0.4, -0.2) is 43.5 Å². The lowest BCUT2D eigenvalue weighted by atomic mass is 9.80. The summed E-state index contributed by atoms with van der Waals surface area (Å²) >= 11 is 0. The first-order valence-corrected chi connectivity index (χ1v) is 8.18. The molecule has 0 unspecified atom stereocenters. The Morgan fingerprint density at radius 2 is 2.00 bits per heavy atom. The highest BCUT2D eigenvalue weighted by Crippen LogP contribution is 2.45. The number of carbonyl (C=O) groups excluding carboxylic acids is 2. The van der Waals surface area contributed by atoms with E-state index in [1.54, 1.807) is 6.92 Å². The second-order valence-corrected chi connectivity index (χ2v) is 6.20. The molecule has 0 spiro atoms. The van der Waals surface area contributed by atoms with Crippen LogP contribution in [0.1, 0.15) is 31.2 Å². The zero-order chi connectivity index (χ0) is 16.7. The van der Waals surface area contributed by atoms with Gasteiger partial charge in [0.1, 0.15) is 0 Å². The largest absolute Gasteiger partial charge is 0.459 e. The van der Waals surface area contributed by atoms with Gasteiger partial charge in [-0.2, -0.15) is 0 Å². The van der Waals surface area contributed by atoms with Gasteiger partial charge in [-0.15, -0.1) is 0 Å². The second-order valence-electron chi connectivity index (χ2n) is 6.20. The van der Waals surface area contributed by atoms with E-state index in [1.807, 2.05) is 18.2 Å². The molecule has 128 valence electrons. The predicted molar refractivity (Wildman–Crippen MR) is 81.8 cm³/mol. The molecule has 2 fully saturated rings. The van der Waals surface area contributed by atoms with Crippen molar-refractivity contribution in [3.8, 4) is 11.5 Å². The molecule has 2 aliphatic heterocycles. The van der Waals surface area contributed by atoms with E-state index >= 15 is 0 Å². The Balaban J connectivity index is 1.53. The van der Waals surface area contributed by atoms with Crippen LogP contribution in [0.4, 0.5) is 0 Å². The molecule has 1 N–H and O–H groups in total. The van der Waals surface area contributed by atoms with Gasteiger partial charge in [-0.3, -0.25) is 4.79 Å². The fraction of sp³-hybridized carbons (Fsp3) is 0.529. The van der Waals surface area contributed by atoms with Crippen LogP contribution in [0.25, 0.3) is 0 Å². The third-order valence-corrected chi connectivity index (χ3v) is 4.75. The van der Waals surface area contributed by atoms with Crippen molar-refractivity contribution < 1.29 is 28.5 Å². The van der Waals surface area contributed by atoms with Gasteiger partial charge in [0.15, 0.2) is 11.5 Å². The van der Waals surface area contributed by atoms with Crippen molar-refractivity contribution in [2.75, 3.05) is 13.4 Å². The first-order valence-electron chi connectivity index (χ1n) is 8.18. The minimum absolute atomic E-state index is 0.0571. The monoisotopic (exact) mass is 333 g/mol. The lowest BCUT2D eigenvalue weighted by Gasteiger charge is -2.30. The van der Waals surface area contributed by atoms with Crippen LogP contribution < -0.4 is 14.8 Å². The van der Waals surface area contributed by atoms with Gasteiger partial charge in [0.2, 0.25) is 6.79 Å². The standard InChI is InChI=1S/C17H19NO6/c1-2-21-17(20)16(19)18-11-7-15-14(24-15)6-10(11)9-3-4-12-13(5-9)23-8-22-12/h3-5,10-11,14-15H,2,6-8H2,1H3,(H,18,19)/t10-,11-,14+,15+/m1/s1. The van der Waals surface area contributed by atoms with Gasteiger partial charge in [-0.1, -0.05) is 6.07 Å². The van der Waals surface area contributed by atoms with Crippen molar-refractivity contribution in [3.05, 3.63) is 23.8 Å². The van der Waals surface area contributed by atoms with Crippen molar-refractivity contribution >= 4 is 11.9 Å². The van der Waals surface area contributed by atoms with Gasteiger partial charge in [-0.05, 0) is 37.5 Å². The van der Waals surface area contributed by atoms with E-state index in [1.165, 1.54) is 0 Å². The first-order chi connectivity index (χ1) is 11.7. The van der Waals surface area contributed by atoms with Gasteiger partial charge in [0.25, 0.3) is 0 Å². The smallest absolute Gasteiger partial charge is 0.396 e. The van der Waals surface area contributed by atoms with Crippen LogP contribution in [-0.2, 0) is 19.1 Å². The molecule has 0 radical (unpaired) electrons. The highest BCUT2D eigenvalue weighted by molar-refractivity contribution is 6.32. The minimum atomic E-state index is -0.847. The van der Waals surface area contributed by atoms with Crippen LogP contribution in [0.15, 0.2) is 18.2 Å². The van der Waals surface area contributed by atoms with E-state index in [4.69, 9.17) is 18.9 Å². The van der Waals surface area contributed by atoms with E-state index in [-0.39, 0.29) is 37.6 Å². The summed E-state index contributed by atoms with van der Waals surface area (Å²) in [6.07, 6.45) is 1.89. The number of epoxide rings is 1. The van der Waals surface area contributed by atoms with Crippen molar-refractivity contribution in [2.45, 2.75) is 43.9 Å². The van der Waals surface area contributed by atoms with Crippen molar-refractivity contribution in [2.24, 2.45) is 0 Å². The number of amides is 1. The van der Waals surface area contributed by atoms with Crippen LogP contribution in [0, 0.1) is 0 Å². The van der Waals surface area contributed by atoms with Crippen molar-refractivity contribution in [1.29, 1.82) is 0 Å². The molecule has 7 nitrogen and oxygen atoms in total. The summed E-state index contributed by atoms with van der Waals surface area (Å²) in [5.41, 5.74) is 1.04. The van der Waals surface area contributed by atoms with Gasteiger partial charge in [0, 0.05) is 12.0 Å². The van der Waals surface area contributed by atoms with E-state index in [9.17, 15) is 9.59 Å². The topological polar surface area (TPSA) is 86.4 Å². The number of carbonyl (C=O) groups is 2. The Morgan fingerprint density at radius 1 is 1.21 bits per heavy atom. The molecule has 1 amide bonds. The fourth-order valence-electron chi connectivity index (χ4n) is 3.52. The third kappa shape index (κ3) is 2.80. The lowest BCUT2D eigenvalue weighted by Crippen LogP contribution is -2.46. The molecule has 4 atom stereocenters. The Hall–Kier alpha value is -2.28. The minimum Gasteiger partial charge on any atom is -0.459 e. The molecule has 2 heterocycles. The molecule has 1 saturated carbocycles. The number of hydrogen-bond acceptors (Lipinski definition) is 6. The SMILES string of the molecule is CCOC(=O)C(=O)N[C@@H]1C[C@@H]2O[C@H]2C[C@@H]1c1ccc2c(c1)OCO2. The molecule has 0 bridgehead atoms. The van der Waals surface area contributed by atoms with E-state index in [0.717, 1.165) is 17.7 Å². The number of ether oxygens (including phenoxy) is 4. The molecule has 4 rings (SSSR count). The Bertz CT molecular complexity index is 675. The third-order valence-electron chi connectivity index (χ3n) is 4.75. The normalized spacial score (nSPS) is 29.5. The number of benzene rings is 1. The summed E-state index contributed by atoms with van der Waals surface area (Å²) in [5, 5.41) is 2.81. The van der Waals surface area contributed by atoms with Crippen molar-refractivity contribution in [1.82, 2.24) is 5.32 Å². The Labute approximate surface area is 139 Å². The van der Waals surface area contributed by atoms with E-state index in [0.29, 0.717) is 12.2 Å². The maximum atomic E-state index is 12.0. The molecule has 1 aliphatic carbocycles. The van der Waals surface area contributed by atoms with Gasteiger partial charge in [-0.25, -0.2) is 4.79 Å². The van der Waals surface area contributed by atoms with Crippen LogP contribution in [0.2, 0.25) is 0 Å². The predicted octanol–water partition coefficient (Wildman–Crippen LogP) is 1.11. The van der Waals surface area contributed by atoms with E-state index in [2.05, 4.69) is 5.32 Å². The summed E-state index contributed by atoms with van der Waals surface area (Å²) in [5.74, 6) is -0.0573. The zero-order valence-electron chi connectivity index (χ0n) is 13.3. The summed E-state index contributed by atoms with van der Waals surface area (Å²) in [7, 11) is 0. The van der Waals surface area contributed by atoms with Gasteiger partial charge >= 0.3 is 11.9 Å². The van der Waals surface area contributed by atoms with Crippen LogP contribution in [0.3, 0.4) is 0 Å². The first kappa shape index (κ1) is 15.3. The summed E-state index contributed by atoms with van der Waals surface area (Å²) in [6.45, 7) is 2.07. The van der Waals surface area contributed by atoms with Gasteiger partial charge < -0.3 is 24.3 Å². The fourth-order valence-corrected chi connectivity index (χ4v) is 3.52. The number of hydrogen-bond donors (Lipinski definition) is 1. The maximum Gasteiger partial charge on any atom is 0.396 e. The molecule has 1 aromatic rings. The molecular formula is C17H19NO6. The quantitative estimate of drug-likeness (QED) is 0.507. The zero-order valence-corrected chi connectivity index (χ0v) is 13.3. The Morgan fingerprint density at radius 3 is 2.83 bits per heavy atom. The summed E-state index contributed by atoms with van der Waals surface area (Å²) < 4.78 is 21.2. The number of rotatable bonds is 3. The number of esters is 1. The van der Waals surface area contributed by atoms with Crippen LogP contribution in [0.5, 0.6) is 11.5 Å². The maximum absolute atomic E-state index is 12.0. The molecular weight excluding hydrogens is 314 g/mol. The summed E-state index contributed by atoms with van der Waals surface area (Å²) in [4.78, 5) is 23.6. The van der Waals surface area contributed by atoms with Gasteiger partial charge in [0.05, 0.1) is 18.8 Å². The molecule has 1 saturated heterocycles. The number of nitrogens with one attached hydrogen (secondary N) is 1. The lowest BCUT2D eigenvalue weighted by molar-refractivity contribution is -0.155. The Kier molecular flexibility index (Phi) is 3.80. The molecule has 24 heavy (non-hydrogen) atoms. The van der Waals surface area contributed by atoms with Crippen molar-refractivity contribution in [3.63, 3.8) is 0 Å². The summed E-state index contributed by atoms with van der Waals surface area (Å²) in [6, 6.07) is 5.62. The van der Waals surface area contributed by atoms with E-state index < -0.39 is 11.9 Å². The van der Waals surface area contributed by atoms with Crippen LogP contribution >= 0.6 is 0 Å². The average Bonchev–Trinajstić information content (AvgIpc) is 3.17. The molecule has 1 aromatic carbocycles. The molecule has 0 aromatic heterocycles. The molecule has 7 heteroatoms. The number of fused-ring (bicyclic) bond motifs is 2.